The van der Waals surface area contributed by atoms with E-state index in [2.05, 4.69) is 0 Å². The number of carboxylic acid groups (broad SMARTS) is 1. The number of carbonyl (C=O) groups is 2. The van der Waals surface area contributed by atoms with Gasteiger partial charge < -0.3 is 14.7 Å². The molecule has 0 aromatic heterocycles. The molecule has 22 heavy (non-hydrogen) atoms. The zero-order chi connectivity index (χ0) is 15.7. The molecule has 1 aliphatic carbocycles. The van der Waals surface area contributed by atoms with Gasteiger partial charge in [-0.2, -0.15) is 0 Å². The fourth-order valence-electron chi connectivity index (χ4n) is 3.77. The molecule has 5 heteroatoms. The highest BCUT2D eigenvalue weighted by Gasteiger charge is 2.55. The Balaban J connectivity index is 1.61. The van der Waals surface area contributed by atoms with Gasteiger partial charge in [0.1, 0.15) is 5.75 Å². The van der Waals surface area contributed by atoms with Gasteiger partial charge in [0.05, 0.1) is 5.41 Å². The normalized spacial score (nSPS) is 26.8. The highest BCUT2D eigenvalue weighted by Crippen LogP contribution is 2.48. The Morgan fingerprint density at radius 2 is 2.27 bits per heavy atom. The van der Waals surface area contributed by atoms with E-state index in [0.717, 1.165) is 18.4 Å². The lowest BCUT2D eigenvalue weighted by Crippen LogP contribution is -2.38. The largest absolute Gasteiger partial charge is 0.484 e. The molecule has 1 saturated heterocycles. The Morgan fingerprint density at radius 1 is 1.45 bits per heavy atom. The molecule has 0 unspecified atom stereocenters. The van der Waals surface area contributed by atoms with Crippen LogP contribution in [0.5, 0.6) is 5.75 Å². The molecule has 1 aromatic rings. The zero-order valence-corrected chi connectivity index (χ0v) is 12.7. The van der Waals surface area contributed by atoms with Gasteiger partial charge in [-0.15, -0.1) is 0 Å². The first kappa shape index (κ1) is 14.9. The summed E-state index contributed by atoms with van der Waals surface area (Å²) in [5, 5.41) is 9.54. The molecule has 2 fully saturated rings. The molecule has 5 nitrogen and oxygen atoms in total. The second kappa shape index (κ2) is 5.63. The van der Waals surface area contributed by atoms with Gasteiger partial charge >= 0.3 is 5.97 Å². The molecule has 0 radical (unpaired) electrons. The van der Waals surface area contributed by atoms with Gasteiger partial charge in [0.15, 0.2) is 6.61 Å². The van der Waals surface area contributed by atoms with Crippen molar-refractivity contribution in [2.24, 2.45) is 11.3 Å². The average molecular weight is 303 g/mol. The van der Waals surface area contributed by atoms with E-state index in [1.807, 2.05) is 31.2 Å². The van der Waals surface area contributed by atoms with E-state index in [9.17, 15) is 14.7 Å². The first-order chi connectivity index (χ1) is 10.5. The van der Waals surface area contributed by atoms with Gasteiger partial charge in [0.25, 0.3) is 5.91 Å². The van der Waals surface area contributed by atoms with Crippen LogP contribution in [-0.2, 0) is 9.59 Å². The molecule has 1 aliphatic heterocycles. The first-order valence-corrected chi connectivity index (χ1v) is 7.72. The number of carboxylic acids is 1. The maximum atomic E-state index is 12.3. The average Bonchev–Trinajstić information content (AvgIpc) is 3.02. The third-order valence-corrected chi connectivity index (χ3v) is 5.00. The Kier molecular flexibility index (Phi) is 3.81. The van der Waals surface area contributed by atoms with Crippen LogP contribution in [0.25, 0.3) is 0 Å². The number of aliphatic carboxylic acids is 1. The standard InChI is InChI=1S/C17H21NO4/c1-12-4-2-6-14(8-12)22-10-15(19)18-9-13-5-3-7-17(13,11-18)16(20)21/h2,4,6,8,13H,3,5,7,9-11H2,1H3,(H,20,21)/t13-,17+/m0/s1. The number of ether oxygens (including phenoxy) is 1. The molecule has 1 N–H and O–H groups in total. The number of aryl methyl sites for hydroxylation is 1. The fourth-order valence-corrected chi connectivity index (χ4v) is 3.77. The fraction of sp³-hybridized carbons (Fsp3) is 0.529. The minimum Gasteiger partial charge on any atom is -0.484 e. The summed E-state index contributed by atoms with van der Waals surface area (Å²) in [6.45, 7) is 2.80. The lowest BCUT2D eigenvalue weighted by Gasteiger charge is -2.23. The SMILES string of the molecule is Cc1cccc(OCC(=O)N2C[C@@H]3CCC[C@@]3(C(=O)O)C2)c1. The minimum absolute atomic E-state index is 0.0358. The predicted molar refractivity (Wildman–Crippen MR) is 80.7 cm³/mol. The summed E-state index contributed by atoms with van der Waals surface area (Å²) in [5.41, 5.74) is 0.351. The zero-order valence-electron chi connectivity index (χ0n) is 12.7. The van der Waals surface area contributed by atoms with Crippen LogP contribution in [-0.4, -0.2) is 41.6 Å². The van der Waals surface area contributed by atoms with E-state index in [-0.39, 0.29) is 18.4 Å². The van der Waals surface area contributed by atoms with Crippen molar-refractivity contribution < 1.29 is 19.4 Å². The van der Waals surface area contributed by atoms with Crippen molar-refractivity contribution in [1.82, 2.24) is 4.90 Å². The minimum atomic E-state index is -0.759. The van der Waals surface area contributed by atoms with Gasteiger partial charge in [0.2, 0.25) is 0 Å². The number of amides is 1. The predicted octanol–water partition coefficient (Wildman–Crippen LogP) is 2.09. The molecule has 118 valence electrons. The van der Waals surface area contributed by atoms with Crippen LogP contribution < -0.4 is 4.74 Å². The lowest BCUT2D eigenvalue weighted by molar-refractivity contribution is -0.149. The third-order valence-electron chi connectivity index (χ3n) is 5.00. The number of rotatable bonds is 4. The molecule has 3 rings (SSSR count). The molecule has 1 amide bonds. The number of carbonyl (C=O) groups excluding carboxylic acids is 1. The number of hydrogen-bond acceptors (Lipinski definition) is 3. The molecule has 2 atom stereocenters. The number of likely N-dealkylation sites (tertiary alicyclic amines) is 1. The van der Waals surface area contributed by atoms with Crippen LogP contribution in [0.15, 0.2) is 24.3 Å². The Morgan fingerprint density at radius 3 is 2.95 bits per heavy atom. The molecule has 1 aromatic carbocycles. The van der Waals surface area contributed by atoms with E-state index in [4.69, 9.17) is 4.74 Å². The second-order valence-corrected chi connectivity index (χ2v) is 6.43. The molecule has 2 aliphatic rings. The van der Waals surface area contributed by atoms with Crippen molar-refractivity contribution in [2.45, 2.75) is 26.2 Å². The molecule has 0 spiro atoms. The van der Waals surface area contributed by atoms with E-state index in [1.165, 1.54) is 0 Å². The number of nitrogens with zero attached hydrogens (tertiary/aromatic N) is 1. The van der Waals surface area contributed by atoms with E-state index in [1.54, 1.807) is 4.90 Å². The van der Waals surface area contributed by atoms with Crippen LogP contribution in [0.4, 0.5) is 0 Å². The van der Waals surface area contributed by atoms with Crippen molar-refractivity contribution >= 4 is 11.9 Å². The van der Waals surface area contributed by atoms with Crippen LogP contribution in [0.2, 0.25) is 0 Å². The molecule has 1 heterocycles. The monoisotopic (exact) mass is 303 g/mol. The maximum Gasteiger partial charge on any atom is 0.311 e. The van der Waals surface area contributed by atoms with Crippen molar-refractivity contribution in [3.8, 4) is 5.75 Å². The highest BCUT2D eigenvalue weighted by molar-refractivity contribution is 5.82. The van der Waals surface area contributed by atoms with E-state index in [0.29, 0.717) is 25.3 Å². The van der Waals surface area contributed by atoms with Gasteiger partial charge in [-0.25, -0.2) is 0 Å². The quantitative estimate of drug-likeness (QED) is 0.925. The number of hydrogen-bond donors (Lipinski definition) is 1. The summed E-state index contributed by atoms with van der Waals surface area (Å²) >= 11 is 0. The van der Waals surface area contributed by atoms with Crippen molar-refractivity contribution in [3.05, 3.63) is 29.8 Å². The molecule has 1 saturated carbocycles. The maximum absolute atomic E-state index is 12.3. The van der Waals surface area contributed by atoms with Crippen molar-refractivity contribution in [3.63, 3.8) is 0 Å². The molecule has 0 bridgehead atoms. The third kappa shape index (κ3) is 2.56. The van der Waals surface area contributed by atoms with Crippen LogP contribution in [0, 0.1) is 18.3 Å². The van der Waals surface area contributed by atoms with Crippen molar-refractivity contribution in [1.29, 1.82) is 0 Å². The smallest absolute Gasteiger partial charge is 0.311 e. The van der Waals surface area contributed by atoms with Gasteiger partial charge in [0, 0.05) is 13.1 Å². The summed E-state index contributed by atoms with van der Waals surface area (Å²) in [6.07, 6.45) is 2.52. The summed E-state index contributed by atoms with van der Waals surface area (Å²) in [5.74, 6) is -0.130. The van der Waals surface area contributed by atoms with Crippen LogP contribution in [0.1, 0.15) is 24.8 Å². The van der Waals surface area contributed by atoms with Gasteiger partial charge in [-0.3, -0.25) is 9.59 Å². The number of fused-ring (bicyclic) bond motifs is 1. The van der Waals surface area contributed by atoms with Crippen molar-refractivity contribution in [2.75, 3.05) is 19.7 Å². The van der Waals surface area contributed by atoms with Crippen LogP contribution >= 0.6 is 0 Å². The van der Waals surface area contributed by atoms with E-state index >= 15 is 0 Å². The summed E-state index contributed by atoms with van der Waals surface area (Å²) in [4.78, 5) is 25.6. The van der Waals surface area contributed by atoms with Crippen LogP contribution in [0.3, 0.4) is 0 Å². The second-order valence-electron chi connectivity index (χ2n) is 6.43. The number of benzene rings is 1. The lowest BCUT2D eigenvalue weighted by atomic mass is 9.81. The Labute approximate surface area is 129 Å². The topological polar surface area (TPSA) is 66.8 Å². The first-order valence-electron chi connectivity index (χ1n) is 7.72. The Bertz CT molecular complexity index is 600. The van der Waals surface area contributed by atoms with Gasteiger partial charge in [-0.1, -0.05) is 18.6 Å². The van der Waals surface area contributed by atoms with Gasteiger partial charge in [-0.05, 0) is 43.4 Å². The Hall–Kier alpha value is -2.04. The molecular formula is C17H21NO4. The summed E-state index contributed by atoms with van der Waals surface area (Å²) < 4.78 is 5.54. The molecular weight excluding hydrogens is 282 g/mol. The van der Waals surface area contributed by atoms with E-state index < -0.39 is 11.4 Å². The summed E-state index contributed by atoms with van der Waals surface area (Å²) in [6, 6.07) is 7.55. The summed E-state index contributed by atoms with van der Waals surface area (Å²) in [7, 11) is 0. The highest BCUT2D eigenvalue weighted by atomic mass is 16.5.